The van der Waals surface area contributed by atoms with E-state index in [2.05, 4.69) is 0 Å². The molecule has 1 aromatic heterocycles. The zero-order valence-corrected chi connectivity index (χ0v) is 15.9. The van der Waals surface area contributed by atoms with E-state index in [0.717, 1.165) is 17.5 Å². The van der Waals surface area contributed by atoms with Gasteiger partial charge < -0.3 is 4.90 Å². The third kappa shape index (κ3) is 3.13. The predicted octanol–water partition coefficient (Wildman–Crippen LogP) is 5.98. The summed E-state index contributed by atoms with van der Waals surface area (Å²) in [6.45, 7) is 0.577. The van der Waals surface area contributed by atoms with Gasteiger partial charge in [0.05, 0.1) is 16.6 Å². The van der Waals surface area contributed by atoms with Gasteiger partial charge in [-0.1, -0.05) is 35.3 Å². The first kappa shape index (κ1) is 17.5. The Morgan fingerprint density at radius 2 is 1.88 bits per heavy atom. The van der Waals surface area contributed by atoms with Crippen LogP contribution in [-0.4, -0.2) is 17.4 Å². The zero-order chi connectivity index (χ0) is 18.3. The fourth-order valence-electron chi connectivity index (χ4n) is 3.36. The summed E-state index contributed by atoms with van der Waals surface area (Å²) in [6, 6.07) is 13.0. The molecule has 6 heteroatoms. The molecule has 2 nitrogen and oxygen atoms in total. The van der Waals surface area contributed by atoms with Gasteiger partial charge in [-0.2, -0.15) is 0 Å². The van der Waals surface area contributed by atoms with Crippen LogP contribution in [0.4, 0.5) is 4.39 Å². The maximum absolute atomic E-state index is 13.4. The molecule has 2 aromatic carbocycles. The Kier molecular flexibility index (Phi) is 4.74. The first-order valence-corrected chi connectivity index (χ1v) is 9.76. The van der Waals surface area contributed by atoms with Gasteiger partial charge in [-0.15, -0.1) is 11.3 Å². The molecule has 2 heterocycles. The van der Waals surface area contributed by atoms with E-state index < -0.39 is 0 Å². The summed E-state index contributed by atoms with van der Waals surface area (Å²) < 4.78 is 13.4. The Balaban J connectivity index is 1.78. The molecule has 1 atom stereocenters. The summed E-state index contributed by atoms with van der Waals surface area (Å²) in [7, 11) is 0. The monoisotopic (exact) mass is 405 g/mol. The number of thiophene rings is 1. The molecule has 132 valence electrons. The minimum absolute atomic E-state index is 0.155. The zero-order valence-electron chi connectivity index (χ0n) is 13.6. The average molecular weight is 406 g/mol. The fourth-order valence-corrected chi connectivity index (χ4v) is 4.75. The first-order chi connectivity index (χ1) is 12.5. The molecule has 0 fully saturated rings. The van der Waals surface area contributed by atoms with Gasteiger partial charge in [0, 0.05) is 16.4 Å². The molecule has 3 aromatic rings. The molecule has 4 rings (SSSR count). The maximum atomic E-state index is 13.4. The Morgan fingerprint density at radius 1 is 1.12 bits per heavy atom. The second kappa shape index (κ2) is 7.03. The van der Waals surface area contributed by atoms with Crippen molar-refractivity contribution < 1.29 is 9.18 Å². The van der Waals surface area contributed by atoms with Gasteiger partial charge >= 0.3 is 0 Å². The summed E-state index contributed by atoms with van der Waals surface area (Å²) >= 11 is 13.9. The van der Waals surface area contributed by atoms with Crippen LogP contribution in [0.5, 0.6) is 0 Å². The highest BCUT2D eigenvalue weighted by Gasteiger charge is 2.34. The summed E-state index contributed by atoms with van der Waals surface area (Å²) in [6.07, 6.45) is 0.793. The Labute approximate surface area is 164 Å². The number of carbonyl (C=O) groups excluding carboxylic acids is 1. The van der Waals surface area contributed by atoms with Gasteiger partial charge in [-0.25, -0.2) is 4.39 Å². The van der Waals surface area contributed by atoms with Crippen molar-refractivity contribution in [1.82, 2.24) is 4.90 Å². The first-order valence-electron chi connectivity index (χ1n) is 8.12. The van der Waals surface area contributed by atoms with Crippen LogP contribution in [0.15, 0.2) is 53.9 Å². The molecule has 1 amide bonds. The van der Waals surface area contributed by atoms with Crippen molar-refractivity contribution in [3.05, 3.63) is 91.3 Å². The van der Waals surface area contributed by atoms with Crippen molar-refractivity contribution in [1.29, 1.82) is 0 Å². The third-order valence-corrected chi connectivity index (χ3v) is 6.12. The smallest absolute Gasteiger partial charge is 0.256 e. The number of benzene rings is 2. The number of hydrogen-bond acceptors (Lipinski definition) is 2. The standard InChI is InChI=1S/C20H14Cl2FNOS/c21-13-3-6-15(17(22)11-13)20(25)24-9-7-18-16(8-10-26-18)19(24)12-1-4-14(23)5-2-12/h1-6,8,10-11,19H,7,9H2/t19-/m0/s1. The van der Waals surface area contributed by atoms with Crippen LogP contribution in [0.25, 0.3) is 0 Å². The van der Waals surface area contributed by atoms with Crippen LogP contribution in [-0.2, 0) is 6.42 Å². The van der Waals surface area contributed by atoms with Crippen LogP contribution >= 0.6 is 34.5 Å². The highest BCUT2D eigenvalue weighted by atomic mass is 35.5. The molecule has 0 saturated carbocycles. The Morgan fingerprint density at radius 3 is 2.62 bits per heavy atom. The summed E-state index contributed by atoms with van der Waals surface area (Å²) in [5, 5.41) is 2.85. The van der Waals surface area contributed by atoms with Gasteiger partial charge in [0.1, 0.15) is 5.82 Å². The van der Waals surface area contributed by atoms with E-state index in [1.54, 1.807) is 46.6 Å². The number of carbonyl (C=O) groups is 1. The molecule has 0 N–H and O–H groups in total. The van der Waals surface area contributed by atoms with Crippen molar-refractivity contribution in [2.75, 3.05) is 6.54 Å². The topological polar surface area (TPSA) is 20.3 Å². The number of hydrogen-bond donors (Lipinski definition) is 0. The van der Waals surface area contributed by atoms with Gasteiger partial charge in [0.2, 0.25) is 0 Å². The minimum Gasteiger partial charge on any atom is -0.327 e. The summed E-state index contributed by atoms with van der Waals surface area (Å²) in [5.74, 6) is -0.452. The predicted molar refractivity (Wildman–Crippen MR) is 104 cm³/mol. The van der Waals surface area contributed by atoms with Crippen LogP contribution in [0.2, 0.25) is 10.0 Å². The molecule has 1 aliphatic heterocycles. The van der Waals surface area contributed by atoms with Crippen molar-refractivity contribution in [3.8, 4) is 0 Å². The van der Waals surface area contributed by atoms with E-state index in [1.165, 1.54) is 17.0 Å². The highest BCUT2D eigenvalue weighted by molar-refractivity contribution is 7.10. The lowest BCUT2D eigenvalue weighted by atomic mass is 9.92. The van der Waals surface area contributed by atoms with Crippen LogP contribution in [0.1, 0.15) is 32.4 Å². The third-order valence-electron chi connectivity index (χ3n) is 4.57. The molecule has 26 heavy (non-hydrogen) atoms. The highest BCUT2D eigenvalue weighted by Crippen LogP contribution is 2.39. The second-order valence-corrected chi connectivity index (χ2v) is 7.97. The average Bonchev–Trinajstić information content (AvgIpc) is 3.10. The van der Waals surface area contributed by atoms with E-state index in [-0.39, 0.29) is 17.8 Å². The number of halogens is 3. The lowest BCUT2D eigenvalue weighted by Crippen LogP contribution is -2.40. The molecule has 0 unspecified atom stereocenters. The largest absolute Gasteiger partial charge is 0.327 e. The number of nitrogens with zero attached hydrogens (tertiary/aromatic N) is 1. The summed E-state index contributed by atoms with van der Waals surface area (Å²) in [4.78, 5) is 16.3. The van der Waals surface area contributed by atoms with Crippen LogP contribution < -0.4 is 0 Å². The van der Waals surface area contributed by atoms with Gasteiger partial charge in [-0.05, 0) is 59.3 Å². The van der Waals surface area contributed by atoms with Crippen LogP contribution in [0, 0.1) is 5.82 Å². The SMILES string of the molecule is O=C(c1ccc(Cl)cc1Cl)N1CCc2sccc2[C@@H]1c1ccc(F)cc1. The van der Waals surface area contributed by atoms with Gasteiger partial charge in [0.15, 0.2) is 0 Å². The molecular weight excluding hydrogens is 392 g/mol. The van der Waals surface area contributed by atoms with E-state index in [0.29, 0.717) is 22.2 Å². The number of rotatable bonds is 2. The number of fused-ring (bicyclic) bond motifs is 1. The second-order valence-electron chi connectivity index (χ2n) is 6.13. The van der Waals surface area contributed by atoms with Gasteiger partial charge in [-0.3, -0.25) is 4.79 Å². The van der Waals surface area contributed by atoms with E-state index >= 15 is 0 Å². The Bertz CT molecular complexity index is 970. The van der Waals surface area contributed by atoms with Crippen molar-refractivity contribution >= 4 is 40.4 Å². The van der Waals surface area contributed by atoms with Gasteiger partial charge in [0.25, 0.3) is 5.91 Å². The minimum atomic E-state index is -0.297. The lowest BCUT2D eigenvalue weighted by Gasteiger charge is -2.36. The normalized spacial score (nSPS) is 16.4. The maximum Gasteiger partial charge on any atom is 0.256 e. The molecule has 1 aliphatic rings. The molecule has 0 bridgehead atoms. The van der Waals surface area contributed by atoms with E-state index in [1.807, 2.05) is 11.4 Å². The van der Waals surface area contributed by atoms with Crippen molar-refractivity contribution in [2.45, 2.75) is 12.5 Å². The lowest BCUT2D eigenvalue weighted by molar-refractivity contribution is 0.0696. The van der Waals surface area contributed by atoms with E-state index in [9.17, 15) is 9.18 Å². The van der Waals surface area contributed by atoms with Crippen molar-refractivity contribution in [2.24, 2.45) is 0 Å². The van der Waals surface area contributed by atoms with Crippen molar-refractivity contribution in [3.63, 3.8) is 0 Å². The molecular formula is C20H14Cl2FNOS. The van der Waals surface area contributed by atoms with E-state index in [4.69, 9.17) is 23.2 Å². The fraction of sp³-hybridized carbons (Fsp3) is 0.150. The molecule has 0 spiro atoms. The quantitative estimate of drug-likeness (QED) is 0.513. The summed E-state index contributed by atoms with van der Waals surface area (Å²) in [5.41, 5.74) is 2.39. The van der Waals surface area contributed by atoms with Crippen LogP contribution in [0.3, 0.4) is 0 Å². The number of amides is 1. The molecule has 0 radical (unpaired) electrons. The molecule has 0 aliphatic carbocycles. The Hall–Kier alpha value is -1.88. The molecule has 0 saturated heterocycles.